The lowest BCUT2D eigenvalue weighted by Gasteiger charge is -2.22. The van der Waals surface area contributed by atoms with Crippen LogP contribution in [0.1, 0.15) is 18.9 Å². The number of nitrogens with zero attached hydrogens (tertiary/aromatic N) is 2. The number of nitrogens with two attached hydrogens (primary N) is 1. The lowest BCUT2D eigenvalue weighted by Crippen LogP contribution is -2.31. The minimum Gasteiger partial charge on any atom is -0.330 e. The molecule has 104 valence electrons. The lowest BCUT2D eigenvalue weighted by molar-refractivity contribution is -0.384. The molecule has 0 aliphatic carbocycles. The van der Waals surface area contributed by atoms with E-state index >= 15 is 0 Å². The fourth-order valence-corrected chi connectivity index (χ4v) is 2.68. The van der Waals surface area contributed by atoms with E-state index in [-0.39, 0.29) is 11.1 Å². The van der Waals surface area contributed by atoms with Gasteiger partial charge in [-0.3, -0.25) is 15.0 Å². The second kappa shape index (κ2) is 5.45. The van der Waals surface area contributed by atoms with Gasteiger partial charge in [0.2, 0.25) is 0 Å². The Bertz CT molecular complexity index is 495. The Morgan fingerprint density at radius 1 is 1.58 bits per heavy atom. The molecular weight excluding hydrogens is 266 g/mol. The Balaban J connectivity index is 2.06. The molecule has 1 aliphatic heterocycles. The van der Waals surface area contributed by atoms with Crippen molar-refractivity contribution in [3.05, 3.63) is 38.9 Å². The zero-order valence-electron chi connectivity index (χ0n) is 10.9. The molecule has 0 aromatic heterocycles. The first kappa shape index (κ1) is 14.2. The Morgan fingerprint density at radius 2 is 2.32 bits per heavy atom. The molecule has 1 atom stereocenters. The molecule has 6 heteroatoms. The average Bonchev–Trinajstić information content (AvgIpc) is 2.74. The highest BCUT2D eigenvalue weighted by Gasteiger charge is 2.32. The topological polar surface area (TPSA) is 72.4 Å². The predicted octanol–water partition coefficient (Wildman–Crippen LogP) is 2.42. The molecule has 19 heavy (non-hydrogen) atoms. The molecule has 0 spiro atoms. The van der Waals surface area contributed by atoms with Crippen molar-refractivity contribution in [2.24, 2.45) is 11.1 Å². The second-order valence-electron chi connectivity index (χ2n) is 5.51. The van der Waals surface area contributed by atoms with E-state index in [9.17, 15) is 10.1 Å². The minimum absolute atomic E-state index is 0.0296. The minimum atomic E-state index is -0.434. The van der Waals surface area contributed by atoms with E-state index in [1.54, 1.807) is 6.07 Å². The van der Waals surface area contributed by atoms with Gasteiger partial charge in [-0.05, 0) is 36.6 Å². The molecule has 2 N–H and O–H groups in total. The number of nitro groups is 1. The van der Waals surface area contributed by atoms with Gasteiger partial charge in [0.05, 0.1) is 9.95 Å². The number of rotatable bonds is 4. The summed E-state index contributed by atoms with van der Waals surface area (Å²) in [4.78, 5) is 12.5. The van der Waals surface area contributed by atoms with Gasteiger partial charge in [-0.15, -0.1) is 0 Å². The number of non-ortho nitro benzene ring substituents is 1. The molecule has 5 nitrogen and oxygen atoms in total. The van der Waals surface area contributed by atoms with Crippen LogP contribution in [0.25, 0.3) is 0 Å². The average molecular weight is 284 g/mol. The van der Waals surface area contributed by atoms with Gasteiger partial charge in [0, 0.05) is 25.2 Å². The third-order valence-corrected chi connectivity index (χ3v) is 4.12. The highest BCUT2D eigenvalue weighted by atomic mass is 35.5. The molecule has 1 heterocycles. The van der Waals surface area contributed by atoms with Gasteiger partial charge in [0.25, 0.3) is 5.69 Å². The molecule has 1 aromatic rings. The maximum absolute atomic E-state index is 10.7. The Labute approximate surface area is 117 Å². The van der Waals surface area contributed by atoms with Crippen molar-refractivity contribution < 1.29 is 4.92 Å². The van der Waals surface area contributed by atoms with Gasteiger partial charge in [0.1, 0.15) is 0 Å². The van der Waals surface area contributed by atoms with Crippen LogP contribution in [0, 0.1) is 15.5 Å². The number of nitro benzene ring substituents is 1. The normalized spacial score (nSPS) is 23.7. The molecule has 0 bridgehead atoms. The van der Waals surface area contributed by atoms with Crippen LogP contribution in [0.3, 0.4) is 0 Å². The van der Waals surface area contributed by atoms with Crippen molar-refractivity contribution in [1.82, 2.24) is 4.90 Å². The van der Waals surface area contributed by atoms with Crippen molar-refractivity contribution in [3.8, 4) is 0 Å². The molecule has 1 unspecified atom stereocenters. The van der Waals surface area contributed by atoms with Crippen LogP contribution in [0.5, 0.6) is 0 Å². The number of hydrogen-bond acceptors (Lipinski definition) is 4. The monoisotopic (exact) mass is 283 g/mol. The first-order chi connectivity index (χ1) is 8.93. The molecule has 0 amide bonds. The number of halogens is 1. The van der Waals surface area contributed by atoms with Crippen LogP contribution < -0.4 is 5.73 Å². The summed E-state index contributed by atoms with van der Waals surface area (Å²) in [5, 5.41) is 11.1. The number of likely N-dealkylation sites (tertiary alicyclic amines) is 1. The van der Waals surface area contributed by atoms with Gasteiger partial charge in [-0.25, -0.2) is 0 Å². The molecule has 2 rings (SSSR count). The third-order valence-electron chi connectivity index (χ3n) is 3.77. The molecule has 1 aliphatic rings. The van der Waals surface area contributed by atoms with Crippen LogP contribution in [-0.2, 0) is 6.54 Å². The molecule has 1 fully saturated rings. The van der Waals surface area contributed by atoms with E-state index in [0.717, 1.165) is 25.1 Å². The lowest BCUT2D eigenvalue weighted by atomic mass is 9.90. The molecule has 1 aromatic carbocycles. The molecule has 1 saturated heterocycles. The first-order valence-electron chi connectivity index (χ1n) is 6.29. The summed E-state index contributed by atoms with van der Waals surface area (Å²) >= 11 is 6.10. The van der Waals surface area contributed by atoms with E-state index in [2.05, 4.69) is 11.8 Å². The van der Waals surface area contributed by atoms with Crippen molar-refractivity contribution in [3.63, 3.8) is 0 Å². The Morgan fingerprint density at radius 3 is 2.84 bits per heavy atom. The standard InChI is InChI=1S/C13H18ClN3O2/c1-13(8-15)4-5-16(9-13)7-10-2-3-11(17(18)19)6-12(10)14/h2-3,6H,4-5,7-9,15H2,1H3. The first-order valence-corrected chi connectivity index (χ1v) is 6.66. The molecular formula is C13H18ClN3O2. The summed E-state index contributed by atoms with van der Waals surface area (Å²) < 4.78 is 0. The quantitative estimate of drug-likeness (QED) is 0.680. The van der Waals surface area contributed by atoms with E-state index in [4.69, 9.17) is 17.3 Å². The predicted molar refractivity (Wildman–Crippen MR) is 75.2 cm³/mol. The van der Waals surface area contributed by atoms with Crippen molar-refractivity contribution in [2.45, 2.75) is 19.9 Å². The van der Waals surface area contributed by atoms with Crippen LogP contribution in [0.4, 0.5) is 5.69 Å². The number of hydrogen-bond donors (Lipinski definition) is 1. The summed E-state index contributed by atoms with van der Waals surface area (Å²) in [5.74, 6) is 0. The zero-order valence-corrected chi connectivity index (χ0v) is 11.7. The van der Waals surface area contributed by atoms with Crippen LogP contribution in [0.15, 0.2) is 18.2 Å². The van der Waals surface area contributed by atoms with Gasteiger partial charge >= 0.3 is 0 Å². The smallest absolute Gasteiger partial charge is 0.270 e. The fraction of sp³-hybridized carbons (Fsp3) is 0.538. The third kappa shape index (κ3) is 3.23. The van der Waals surface area contributed by atoms with Gasteiger partial charge in [0.15, 0.2) is 0 Å². The summed E-state index contributed by atoms with van der Waals surface area (Å²) in [6.07, 6.45) is 1.08. The van der Waals surface area contributed by atoms with Crippen LogP contribution in [-0.4, -0.2) is 29.5 Å². The highest BCUT2D eigenvalue weighted by Crippen LogP contribution is 2.31. The largest absolute Gasteiger partial charge is 0.330 e. The highest BCUT2D eigenvalue weighted by molar-refractivity contribution is 6.31. The summed E-state index contributed by atoms with van der Waals surface area (Å²) in [6, 6.07) is 4.65. The van der Waals surface area contributed by atoms with E-state index < -0.39 is 4.92 Å². The van der Waals surface area contributed by atoms with Gasteiger partial charge in [-0.2, -0.15) is 0 Å². The van der Waals surface area contributed by atoms with Crippen molar-refractivity contribution in [1.29, 1.82) is 0 Å². The van der Waals surface area contributed by atoms with Crippen LogP contribution in [0.2, 0.25) is 5.02 Å². The summed E-state index contributed by atoms with van der Waals surface area (Å²) in [5.41, 5.74) is 6.91. The second-order valence-corrected chi connectivity index (χ2v) is 5.92. The fourth-order valence-electron chi connectivity index (χ4n) is 2.45. The maximum Gasteiger partial charge on any atom is 0.270 e. The Kier molecular flexibility index (Phi) is 4.08. The Hall–Kier alpha value is -1.17. The van der Waals surface area contributed by atoms with E-state index in [1.165, 1.54) is 12.1 Å². The SMILES string of the molecule is CC1(CN)CCN(Cc2ccc([N+](=O)[O-])cc2Cl)C1. The summed E-state index contributed by atoms with van der Waals surface area (Å²) in [6.45, 7) is 5.51. The van der Waals surface area contributed by atoms with E-state index in [0.29, 0.717) is 18.1 Å². The zero-order chi connectivity index (χ0) is 14.0. The molecule has 0 radical (unpaired) electrons. The van der Waals surface area contributed by atoms with Gasteiger partial charge in [-0.1, -0.05) is 18.5 Å². The maximum atomic E-state index is 10.7. The molecule has 0 saturated carbocycles. The van der Waals surface area contributed by atoms with Crippen LogP contribution >= 0.6 is 11.6 Å². The van der Waals surface area contributed by atoms with Crippen molar-refractivity contribution in [2.75, 3.05) is 19.6 Å². The van der Waals surface area contributed by atoms with Crippen molar-refractivity contribution >= 4 is 17.3 Å². The van der Waals surface area contributed by atoms with E-state index in [1.807, 2.05) is 0 Å². The van der Waals surface area contributed by atoms with Gasteiger partial charge < -0.3 is 5.73 Å². The number of benzene rings is 1. The summed E-state index contributed by atoms with van der Waals surface area (Å²) in [7, 11) is 0.